The third-order valence-electron chi connectivity index (χ3n) is 0. The summed E-state index contributed by atoms with van der Waals surface area (Å²) in [5, 5.41) is 26.7. The summed E-state index contributed by atoms with van der Waals surface area (Å²) >= 11 is 0. The molecule has 0 aromatic heterocycles. The Morgan fingerprint density at radius 2 is 0.714 bits per heavy atom. The molecule has 0 spiro atoms. The van der Waals surface area contributed by atoms with Crippen molar-refractivity contribution >= 4 is 17.9 Å². The van der Waals surface area contributed by atoms with Crippen LogP contribution in [0.3, 0.4) is 0 Å². The smallest absolute Gasteiger partial charge is 0.550 e. The Labute approximate surface area is 114 Å². The zero-order valence-electron chi connectivity index (χ0n) is 8.25. The molecular formula is C6H9CuNaO6. The second-order valence-electron chi connectivity index (χ2n) is 1.47. The summed E-state index contributed by atoms with van der Waals surface area (Å²) in [4.78, 5) is 26.7. The molecule has 0 aromatic carbocycles. The largest absolute Gasteiger partial charge is 2.00 e. The van der Waals surface area contributed by atoms with E-state index in [-0.39, 0.29) is 46.6 Å². The van der Waals surface area contributed by atoms with Crippen LogP contribution in [0.1, 0.15) is 20.8 Å². The van der Waals surface area contributed by atoms with Gasteiger partial charge in [-0.05, 0) is 20.8 Å². The van der Waals surface area contributed by atoms with Gasteiger partial charge in [-0.3, -0.25) is 0 Å². The number of carbonyl (C=O) groups excluding carboxylic acids is 3. The van der Waals surface area contributed by atoms with Crippen LogP contribution in [0.2, 0.25) is 0 Å². The molecule has 0 aliphatic carbocycles. The van der Waals surface area contributed by atoms with Crippen LogP contribution in [0.4, 0.5) is 0 Å². The first-order chi connectivity index (χ1) is 5.20. The van der Waals surface area contributed by atoms with E-state index in [0.29, 0.717) is 0 Å². The van der Waals surface area contributed by atoms with Crippen molar-refractivity contribution in [2.75, 3.05) is 0 Å². The summed E-state index contributed by atoms with van der Waals surface area (Å²) < 4.78 is 0. The van der Waals surface area contributed by atoms with Crippen molar-refractivity contribution in [1.29, 1.82) is 0 Å². The number of rotatable bonds is 0. The first kappa shape index (κ1) is 29.2. The maximum absolute atomic E-state index is 8.89. The van der Waals surface area contributed by atoms with Gasteiger partial charge in [0.05, 0.1) is 0 Å². The van der Waals surface area contributed by atoms with Gasteiger partial charge in [0.25, 0.3) is 0 Å². The van der Waals surface area contributed by atoms with Crippen LogP contribution in [0, 0.1) is 0 Å². The van der Waals surface area contributed by atoms with Gasteiger partial charge in [0.1, 0.15) is 0 Å². The predicted molar refractivity (Wildman–Crippen MR) is 32.0 cm³/mol. The van der Waals surface area contributed by atoms with Gasteiger partial charge in [0.15, 0.2) is 0 Å². The van der Waals surface area contributed by atoms with Gasteiger partial charge in [-0.25, -0.2) is 0 Å². The van der Waals surface area contributed by atoms with Gasteiger partial charge in [-0.1, -0.05) is 0 Å². The molecule has 0 saturated carbocycles. The Balaban J connectivity index is -0.0000000270. The minimum atomic E-state index is -1.08. The maximum Gasteiger partial charge on any atom is 2.00 e. The Hall–Kier alpha value is -0.0705. The topological polar surface area (TPSA) is 120 Å². The fourth-order valence-electron chi connectivity index (χ4n) is 0. The van der Waals surface area contributed by atoms with E-state index in [9.17, 15) is 0 Å². The SMILES string of the molecule is CC(=O)[O-].CC(=O)[O-].CC(=O)[O-].[Cu+2].[Na+]. The molecule has 0 aliphatic rings. The third-order valence-corrected chi connectivity index (χ3v) is 0. The molecule has 1 radical (unpaired) electrons. The molecule has 0 unspecified atom stereocenters. The molecule has 0 bridgehead atoms. The molecule has 6 nitrogen and oxygen atoms in total. The standard InChI is InChI=1S/3C2H4O2.Cu.Na/c3*1-2(3)4;;/h3*1H3,(H,3,4);;/q;;;+2;+1/p-3. The maximum atomic E-state index is 8.89. The summed E-state index contributed by atoms with van der Waals surface area (Å²) in [6, 6.07) is 0. The molecule has 0 aromatic rings. The summed E-state index contributed by atoms with van der Waals surface area (Å²) in [7, 11) is 0. The van der Waals surface area contributed by atoms with Gasteiger partial charge >= 0.3 is 46.6 Å². The average molecular weight is 264 g/mol. The first-order valence-corrected chi connectivity index (χ1v) is 2.72. The molecule has 0 amide bonds. The summed E-state index contributed by atoms with van der Waals surface area (Å²) in [5.41, 5.74) is 0. The van der Waals surface area contributed by atoms with Crippen molar-refractivity contribution in [1.82, 2.24) is 0 Å². The van der Waals surface area contributed by atoms with Crippen molar-refractivity contribution in [3.05, 3.63) is 0 Å². The molecule has 81 valence electrons. The van der Waals surface area contributed by atoms with E-state index in [2.05, 4.69) is 0 Å². The molecule has 0 heterocycles. The van der Waals surface area contributed by atoms with Crippen LogP contribution < -0.4 is 44.9 Å². The minimum absolute atomic E-state index is 0. The van der Waals surface area contributed by atoms with Gasteiger partial charge in [-0.2, -0.15) is 0 Å². The number of carboxylic acids is 3. The average Bonchev–Trinajstić information content (AvgIpc) is 1.54. The van der Waals surface area contributed by atoms with Crippen LogP contribution in [0.15, 0.2) is 0 Å². The van der Waals surface area contributed by atoms with Gasteiger partial charge < -0.3 is 29.7 Å². The fraction of sp³-hybridized carbons (Fsp3) is 0.500. The predicted octanol–water partition coefficient (Wildman–Crippen LogP) is -6.73. The van der Waals surface area contributed by atoms with Crippen molar-refractivity contribution in [2.24, 2.45) is 0 Å². The van der Waals surface area contributed by atoms with Crippen LogP contribution in [-0.4, -0.2) is 17.9 Å². The fourth-order valence-corrected chi connectivity index (χ4v) is 0. The molecule has 0 rings (SSSR count). The molecule has 8 heteroatoms. The molecule has 0 atom stereocenters. The number of hydrogen-bond donors (Lipinski definition) is 0. The van der Waals surface area contributed by atoms with E-state index in [4.69, 9.17) is 29.7 Å². The Morgan fingerprint density at radius 1 is 0.714 bits per heavy atom. The monoisotopic (exact) mass is 263 g/mol. The molecule has 0 saturated heterocycles. The molecule has 0 N–H and O–H groups in total. The quantitative estimate of drug-likeness (QED) is 0.401. The van der Waals surface area contributed by atoms with Crippen molar-refractivity contribution in [3.63, 3.8) is 0 Å². The van der Waals surface area contributed by atoms with Crippen molar-refractivity contribution < 1.29 is 76.3 Å². The second kappa shape index (κ2) is 23.1. The van der Waals surface area contributed by atoms with Crippen LogP contribution in [0.25, 0.3) is 0 Å². The van der Waals surface area contributed by atoms with Crippen molar-refractivity contribution in [3.8, 4) is 0 Å². The molecule has 14 heavy (non-hydrogen) atoms. The number of carboxylic acid groups (broad SMARTS) is 3. The van der Waals surface area contributed by atoms with Crippen LogP contribution in [-0.2, 0) is 31.5 Å². The summed E-state index contributed by atoms with van der Waals surface area (Å²) in [6.07, 6.45) is 0. The number of carbonyl (C=O) groups is 3. The summed E-state index contributed by atoms with van der Waals surface area (Å²) in [6.45, 7) is 2.92. The normalized spacial score (nSPS) is 5.36. The second-order valence-corrected chi connectivity index (χ2v) is 1.47. The molecular weight excluding hydrogens is 255 g/mol. The van der Waals surface area contributed by atoms with E-state index in [1.165, 1.54) is 0 Å². The van der Waals surface area contributed by atoms with Crippen LogP contribution in [0.5, 0.6) is 0 Å². The van der Waals surface area contributed by atoms with E-state index < -0.39 is 17.9 Å². The third kappa shape index (κ3) is 287000. The minimum Gasteiger partial charge on any atom is -0.550 e. The Morgan fingerprint density at radius 3 is 0.714 bits per heavy atom. The number of aliphatic carboxylic acids is 3. The Bertz CT molecular complexity index is 120. The van der Waals surface area contributed by atoms with E-state index >= 15 is 0 Å². The van der Waals surface area contributed by atoms with E-state index in [0.717, 1.165) is 20.8 Å². The van der Waals surface area contributed by atoms with Gasteiger partial charge in [-0.15, -0.1) is 0 Å². The zero-order chi connectivity index (χ0) is 10.7. The Kier molecular flexibility index (Phi) is 48.1. The van der Waals surface area contributed by atoms with E-state index in [1.807, 2.05) is 0 Å². The van der Waals surface area contributed by atoms with Gasteiger partial charge in [0.2, 0.25) is 0 Å². The first-order valence-electron chi connectivity index (χ1n) is 2.72. The molecule has 0 fully saturated rings. The van der Waals surface area contributed by atoms with Crippen LogP contribution >= 0.6 is 0 Å². The van der Waals surface area contributed by atoms with Crippen molar-refractivity contribution in [2.45, 2.75) is 20.8 Å². The van der Waals surface area contributed by atoms with Gasteiger partial charge in [0, 0.05) is 17.9 Å². The summed E-state index contributed by atoms with van der Waals surface area (Å²) in [5.74, 6) is -3.25. The van der Waals surface area contributed by atoms with E-state index in [1.54, 1.807) is 0 Å². The number of hydrogen-bond acceptors (Lipinski definition) is 6. The molecule has 0 aliphatic heterocycles. The zero-order valence-corrected chi connectivity index (χ0v) is 11.2.